The third-order valence-electron chi connectivity index (χ3n) is 4.29. The van der Waals surface area contributed by atoms with E-state index in [1.807, 2.05) is 19.0 Å². The summed E-state index contributed by atoms with van der Waals surface area (Å²) in [5.74, 6) is 6.20. The summed E-state index contributed by atoms with van der Waals surface area (Å²) in [5, 5.41) is 6.19. The summed E-state index contributed by atoms with van der Waals surface area (Å²) in [7, 11) is 5.40. The number of nitrogens with zero attached hydrogens (tertiary/aromatic N) is 4. The van der Waals surface area contributed by atoms with Crippen LogP contribution in [-0.4, -0.2) is 78.4 Å². The van der Waals surface area contributed by atoms with Crippen LogP contribution in [0.15, 0.2) is 31.0 Å². The molecule has 2 amide bonds. The van der Waals surface area contributed by atoms with E-state index in [2.05, 4.69) is 45.9 Å². The zero-order valence-corrected chi connectivity index (χ0v) is 20.1. The molecular formula is C23H33ClN6O2. The second-order valence-electron chi connectivity index (χ2n) is 7.32. The first-order valence-electron chi connectivity index (χ1n) is 10.5. The maximum Gasteiger partial charge on any atom is 0.246 e. The van der Waals surface area contributed by atoms with E-state index in [1.54, 1.807) is 19.3 Å². The lowest BCUT2D eigenvalue weighted by molar-refractivity contribution is -0.133. The number of nitrogens with one attached hydrogen (secondary N) is 2. The fourth-order valence-corrected chi connectivity index (χ4v) is 2.67. The number of hydrogen-bond acceptors (Lipinski definition) is 6. The SMILES string of the molecule is C=C[C@@H](C(=O)NCCCC#Cc1cnc(Cl)nc1NCCC)N(C)C(=O)/C=C/CN(C)C. The van der Waals surface area contributed by atoms with Crippen molar-refractivity contribution in [1.29, 1.82) is 0 Å². The standard InChI is InChI=1S/C23H33ClN6O2/c1-6-14-25-21-18(17-27-23(24)28-21)12-9-8-10-15-26-22(32)19(7-2)30(5)20(31)13-11-16-29(3)4/h7,11,13,17,19H,2,6,8,10,14-16H2,1,3-5H3,(H,26,32)(H,25,27,28)/b13-11+/t19-/m0/s1. The predicted molar refractivity (Wildman–Crippen MR) is 129 cm³/mol. The Morgan fingerprint density at radius 1 is 1.31 bits per heavy atom. The van der Waals surface area contributed by atoms with Gasteiger partial charge in [-0.05, 0) is 38.5 Å². The minimum atomic E-state index is -0.740. The molecule has 0 aliphatic heterocycles. The maximum absolute atomic E-state index is 12.5. The molecule has 1 heterocycles. The smallest absolute Gasteiger partial charge is 0.246 e. The van der Waals surface area contributed by atoms with Crippen LogP contribution >= 0.6 is 11.6 Å². The number of likely N-dealkylation sites (N-methyl/N-ethyl adjacent to an activating group) is 2. The second kappa shape index (κ2) is 15.0. The molecule has 1 atom stereocenters. The Morgan fingerprint density at radius 3 is 2.72 bits per heavy atom. The van der Waals surface area contributed by atoms with Crippen LogP contribution in [0.2, 0.25) is 5.28 Å². The average Bonchev–Trinajstić information content (AvgIpc) is 2.75. The van der Waals surface area contributed by atoms with Gasteiger partial charge in [-0.15, -0.1) is 6.58 Å². The molecular weight excluding hydrogens is 428 g/mol. The van der Waals surface area contributed by atoms with E-state index in [-0.39, 0.29) is 17.1 Å². The number of hydrogen-bond donors (Lipinski definition) is 2. The van der Waals surface area contributed by atoms with Gasteiger partial charge in [-0.2, -0.15) is 4.98 Å². The van der Waals surface area contributed by atoms with Gasteiger partial charge in [0.2, 0.25) is 17.1 Å². The van der Waals surface area contributed by atoms with Gasteiger partial charge in [0, 0.05) is 45.4 Å². The van der Waals surface area contributed by atoms with Gasteiger partial charge < -0.3 is 20.4 Å². The minimum absolute atomic E-state index is 0.172. The Balaban J connectivity index is 2.52. The van der Waals surface area contributed by atoms with Crippen molar-refractivity contribution in [3.05, 3.63) is 41.9 Å². The highest BCUT2D eigenvalue weighted by atomic mass is 35.5. The number of carbonyl (C=O) groups is 2. The molecule has 1 aromatic rings. The Morgan fingerprint density at radius 2 is 2.06 bits per heavy atom. The van der Waals surface area contributed by atoms with Crippen molar-refractivity contribution in [2.75, 3.05) is 46.1 Å². The van der Waals surface area contributed by atoms with Crippen molar-refractivity contribution >= 4 is 29.2 Å². The lowest BCUT2D eigenvalue weighted by Crippen LogP contribution is -2.46. The first kappa shape index (κ1) is 27.1. The van der Waals surface area contributed by atoms with Crippen molar-refractivity contribution in [3.63, 3.8) is 0 Å². The molecule has 8 nitrogen and oxygen atoms in total. The van der Waals surface area contributed by atoms with Crippen LogP contribution in [-0.2, 0) is 9.59 Å². The first-order chi connectivity index (χ1) is 15.3. The molecule has 1 rings (SSSR count). The summed E-state index contributed by atoms with van der Waals surface area (Å²) in [6.45, 7) is 7.59. The van der Waals surface area contributed by atoms with Gasteiger partial charge in [-0.1, -0.05) is 30.9 Å². The zero-order chi connectivity index (χ0) is 23.9. The topological polar surface area (TPSA) is 90.5 Å². The van der Waals surface area contributed by atoms with Crippen LogP contribution in [0.5, 0.6) is 0 Å². The normalized spacial score (nSPS) is 11.6. The molecule has 2 N–H and O–H groups in total. The Labute approximate surface area is 196 Å². The Bertz CT molecular complexity index is 860. The molecule has 0 spiro atoms. The molecule has 9 heteroatoms. The van der Waals surface area contributed by atoms with Crippen LogP contribution in [0.3, 0.4) is 0 Å². The van der Waals surface area contributed by atoms with Gasteiger partial charge in [0.15, 0.2) is 0 Å². The molecule has 1 aromatic heterocycles. The number of carbonyl (C=O) groups excluding carboxylic acids is 2. The Hall–Kier alpha value is -2.89. The van der Waals surface area contributed by atoms with Crippen LogP contribution in [0, 0.1) is 11.8 Å². The van der Waals surface area contributed by atoms with Gasteiger partial charge >= 0.3 is 0 Å². The lowest BCUT2D eigenvalue weighted by Gasteiger charge is -2.23. The Kier molecular flexibility index (Phi) is 12.7. The molecule has 174 valence electrons. The zero-order valence-electron chi connectivity index (χ0n) is 19.3. The number of unbranched alkanes of at least 4 members (excludes halogenated alkanes) is 1. The van der Waals surface area contributed by atoms with Gasteiger partial charge in [-0.25, -0.2) is 4.98 Å². The van der Waals surface area contributed by atoms with E-state index < -0.39 is 6.04 Å². The van der Waals surface area contributed by atoms with Crippen molar-refractivity contribution < 1.29 is 9.59 Å². The van der Waals surface area contributed by atoms with E-state index in [0.717, 1.165) is 13.0 Å². The van der Waals surface area contributed by atoms with Crippen molar-refractivity contribution in [2.24, 2.45) is 0 Å². The number of amides is 2. The molecule has 0 unspecified atom stereocenters. The molecule has 0 bridgehead atoms. The summed E-state index contributed by atoms with van der Waals surface area (Å²) in [4.78, 5) is 36.1. The summed E-state index contributed by atoms with van der Waals surface area (Å²) in [5.41, 5.74) is 0.682. The largest absolute Gasteiger partial charge is 0.369 e. The number of halogens is 1. The van der Waals surface area contributed by atoms with E-state index >= 15 is 0 Å². The summed E-state index contributed by atoms with van der Waals surface area (Å²) in [6.07, 6.45) is 8.46. The van der Waals surface area contributed by atoms with Gasteiger partial charge in [0.25, 0.3) is 0 Å². The molecule has 0 aromatic carbocycles. The monoisotopic (exact) mass is 460 g/mol. The molecule has 0 saturated carbocycles. The quantitative estimate of drug-likeness (QED) is 0.163. The van der Waals surface area contributed by atoms with Gasteiger partial charge in [0.05, 0.1) is 5.56 Å². The molecule has 0 aliphatic rings. The summed E-state index contributed by atoms with van der Waals surface area (Å²) < 4.78 is 0. The van der Waals surface area contributed by atoms with E-state index in [4.69, 9.17) is 11.6 Å². The van der Waals surface area contributed by atoms with Crippen molar-refractivity contribution in [3.8, 4) is 11.8 Å². The number of rotatable bonds is 12. The fraction of sp³-hybridized carbons (Fsp3) is 0.478. The van der Waals surface area contributed by atoms with Crippen LogP contribution < -0.4 is 10.6 Å². The van der Waals surface area contributed by atoms with Crippen LogP contribution in [0.1, 0.15) is 31.7 Å². The van der Waals surface area contributed by atoms with E-state index in [9.17, 15) is 9.59 Å². The molecule has 0 fully saturated rings. The van der Waals surface area contributed by atoms with Crippen LogP contribution in [0.4, 0.5) is 5.82 Å². The van der Waals surface area contributed by atoms with Crippen molar-refractivity contribution in [1.82, 2.24) is 25.1 Å². The third-order valence-corrected chi connectivity index (χ3v) is 4.47. The predicted octanol–water partition coefficient (Wildman–Crippen LogP) is 2.33. The highest BCUT2D eigenvalue weighted by Crippen LogP contribution is 2.13. The van der Waals surface area contributed by atoms with Crippen molar-refractivity contribution in [2.45, 2.75) is 32.2 Å². The van der Waals surface area contributed by atoms with Gasteiger partial charge in [0.1, 0.15) is 11.9 Å². The molecule has 0 saturated heterocycles. The highest BCUT2D eigenvalue weighted by molar-refractivity contribution is 6.28. The number of aromatic nitrogens is 2. The van der Waals surface area contributed by atoms with E-state index in [0.29, 0.717) is 37.3 Å². The minimum Gasteiger partial charge on any atom is -0.369 e. The maximum atomic E-state index is 12.5. The van der Waals surface area contributed by atoms with Gasteiger partial charge in [-0.3, -0.25) is 9.59 Å². The molecule has 32 heavy (non-hydrogen) atoms. The summed E-state index contributed by atoms with van der Waals surface area (Å²) >= 11 is 5.86. The highest BCUT2D eigenvalue weighted by Gasteiger charge is 2.22. The lowest BCUT2D eigenvalue weighted by atomic mass is 10.2. The first-order valence-corrected chi connectivity index (χ1v) is 10.9. The fourth-order valence-electron chi connectivity index (χ4n) is 2.54. The van der Waals surface area contributed by atoms with E-state index in [1.165, 1.54) is 17.1 Å². The second-order valence-corrected chi connectivity index (χ2v) is 7.66. The average molecular weight is 461 g/mol. The third kappa shape index (κ3) is 9.94. The summed E-state index contributed by atoms with van der Waals surface area (Å²) in [6, 6.07) is -0.740. The molecule has 0 radical (unpaired) electrons. The molecule has 0 aliphatic carbocycles. The number of anilines is 1. The van der Waals surface area contributed by atoms with Crippen LogP contribution in [0.25, 0.3) is 0 Å².